The van der Waals surface area contributed by atoms with E-state index in [1.54, 1.807) is 0 Å². The van der Waals surface area contributed by atoms with Crippen LogP contribution in [-0.2, 0) is 11.2 Å². The Morgan fingerprint density at radius 1 is 1.14 bits per heavy atom. The average molecular weight is 284 g/mol. The third-order valence-electron chi connectivity index (χ3n) is 4.63. The molecule has 1 N–H and O–H groups in total. The van der Waals surface area contributed by atoms with Crippen molar-refractivity contribution in [3.8, 4) is 0 Å². The summed E-state index contributed by atoms with van der Waals surface area (Å²) in [5, 5.41) is 9.21. The van der Waals surface area contributed by atoms with Crippen molar-refractivity contribution in [2.24, 2.45) is 5.41 Å². The zero-order valence-corrected chi connectivity index (χ0v) is 12.6. The van der Waals surface area contributed by atoms with Gasteiger partial charge in [-0.2, -0.15) is 0 Å². The smallest absolute Gasteiger partial charge is 0.308 e. The van der Waals surface area contributed by atoms with Crippen molar-refractivity contribution < 1.29 is 9.90 Å². The monoisotopic (exact) mass is 284 g/mol. The molecule has 0 bridgehead atoms. The normalized spacial score (nSPS) is 17.5. The van der Waals surface area contributed by atoms with Gasteiger partial charge in [0.05, 0.1) is 6.42 Å². The van der Waals surface area contributed by atoms with Crippen LogP contribution in [0.4, 0.5) is 0 Å². The Morgan fingerprint density at radius 3 is 2.29 bits per heavy atom. The van der Waals surface area contributed by atoms with Crippen molar-refractivity contribution in [3.63, 3.8) is 0 Å². The van der Waals surface area contributed by atoms with E-state index in [9.17, 15) is 9.90 Å². The highest BCUT2D eigenvalue weighted by Crippen LogP contribution is 2.44. The fraction of sp³-hybridized carbons (Fsp3) is 0.474. The van der Waals surface area contributed by atoms with Crippen molar-refractivity contribution in [2.45, 2.75) is 51.4 Å². The van der Waals surface area contributed by atoms with Crippen LogP contribution >= 0.6 is 0 Å². The van der Waals surface area contributed by atoms with Crippen LogP contribution in [0, 0.1) is 5.41 Å². The second kappa shape index (κ2) is 7.28. The average Bonchev–Trinajstić information content (AvgIpc) is 2.72. The van der Waals surface area contributed by atoms with Crippen LogP contribution < -0.4 is 0 Å². The van der Waals surface area contributed by atoms with E-state index in [2.05, 4.69) is 24.4 Å². The molecular weight excluding hydrogens is 260 g/mol. The van der Waals surface area contributed by atoms with Gasteiger partial charge >= 0.3 is 5.97 Å². The number of benzene rings is 1. The van der Waals surface area contributed by atoms with Gasteiger partial charge in [0.15, 0.2) is 0 Å². The largest absolute Gasteiger partial charge is 0.481 e. The predicted octanol–water partition coefficient (Wildman–Crippen LogP) is 4.76. The lowest BCUT2D eigenvalue weighted by Gasteiger charge is -2.34. The van der Waals surface area contributed by atoms with Crippen molar-refractivity contribution in [1.82, 2.24) is 0 Å². The van der Waals surface area contributed by atoms with E-state index in [0.717, 1.165) is 37.7 Å². The summed E-state index contributed by atoms with van der Waals surface area (Å²) in [6.07, 6.45) is 7.88. The summed E-state index contributed by atoms with van der Waals surface area (Å²) in [5.74, 6) is -0.780. The number of aliphatic carboxylic acids is 1. The standard InChI is InChI=1S/C19H24O2/c1-2-17(14-18(20)21)19(12-8-3-4-9-13-19)15-16-10-6-5-7-11-16/h5-7,10-11H,1,3-4,8-9,12-15H2,(H,20,21). The molecule has 1 saturated carbocycles. The van der Waals surface area contributed by atoms with Crippen LogP contribution in [0.2, 0.25) is 0 Å². The predicted molar refractivity (Wildman–Crippen MR) is 85.2 cm³/mol. The zero-order valence-electron chi connectivity index (χ0n) is 12.6. The lowest BCUT2D eigenvalue weighted by Crippen LogP contribution is -2.27. The van der Waals surface area contributed by atoms with Gasteiger partial charge < -0.3 is 5.11 Å². The molecule has 0 saturated heterocycles. The maximum absolute atomic E-state index is 11.2. The molecule has 0 spiro atoms. The Bertz CT molecular complexity index is 516. The first kappa shape index (κ1) is 15.6. The summed E-state index contributed by atoms with van der Waals surface area (Å²) in [5.41, 5.74) is 5.07. The fourth-order valence-corrected chi connectivity index (χ4v) is 3.57. The molecule has 0 atom stereocenters. The summed E-state index contributed by atoms with van der Waals surface area (Å²) >= 11 is 0. The maximum Gasteiger partial charge on any atom is 0.308 e. The van der Waals surface area contributed by atoms with Crippen molar-refractivity contribution in [1.29, 1.82) is 0 Å². The van der Waals surface area contributed by atoms with Gasteiger partial charge in [-0.3, -0.25) is 4.79 Å². The molecule has 0 heterocycles. The molecule has 1 aromatic carbocycles. The summed E-state index contributed by atoms with van der Waals surface area (Å²) in [6.45, 7) is 3.78. The van der Waals surface area contributed by atoms with Crippen LogP contribution in [0.25, 0.3) is 0 Å². The lowest BCUT2D eigenvalue weighted by atomic mass is 9.69. The molecule has 1 fully saturated rings. The first-order valence-corrected chi connectivity index (χ1v) is 7.81. The fourth-order valence-electron chi connectivity index (χ4n) is 3.57. The number of hydrogen-bond acceptors (Lipinski definition) is 1. The van der Waals surface area contributed by atoms with Gasteiger partial charge in [-0.15, -0.1) is 5.73 Å². The summed E-state index contributed by atoms with van der Waals surface area (Å²) in [4.78, 5) is 11.2. The number of carboxylic acids is 1. The minimum absolute atomic E-state index is 0.0658. The van der Waals surface area contributed by atoms with Gasteiger partial charge in [-0.25, -0.2) is 0 Å². The minimum Gasteiger partial charge on any atom is -0.481 e. The second-order valence-electron chi connectivity index (χ2n) is 6.08. The van der Waals surface area contributed by atoms with Gasteiger partial charge in [-0.05, 0) is 30.4 Å². The first-order chi connectivity index (χ1) is 10.2. The second-order valence-corrected chi connectivity index (χ2v) is 6.08. The van der Waals surface area contributed by atoms with Gasteiger partial charge in [0.1, 0.15) is 0 Å². The van der Waals surface area contributed by atoms with Crippen LogP contribution in [-0.4, -0.2) is 11.1 Å². The van der Waals surface area contributed by atoms with E-state index in [-0.39, 0.29) is 11.8 Å². The molecule has 2 rings (SSSR count). The highest BCUT2D eigenvalue weighted by atomic mass is 16.4. The summed E-state index contributed by atoms with van der Waals surface area (Å²) in [6, 6.07) is 10.4. The first-order valence-electron chi connectivity index (χ1n) is 7.81. The summed E-state index contributed by atoms with van der Waals surface area (Å²) < 4.78 is 0. The topological polar surface area (TPSA) is 37.3 Å². The number of carboxylic acid groups (broad SMARTS) is 1. The Hall–Kier alpha value is -1.79. The number of rotatable bonds is 5. The zero-order chi connectivity index (χ0) is 15.1. The minimum atomic E-state index is -0.780. The Kier molecular flexibility index (Phi) is 5.41. The number of hydrogen-bond donors (Lipinski definition) is 1. The van der Waals surface area contributed by atoms with E-state index in [4.69, 9.17) is 0 Å². The third-order valence-corrected chi connectivity index (χ3v) is 4.63. The molecule has 0 aromatic heterocycles. The quantitative estimate of drug-likeness (QED) is 0.625. The van der Waals surface area contributed by atoms with Crippen LogP contribution in [0.3, 0.4) is 0 Å². The molecule has 112 valence electrons. The molecule has 0 amide bonds. The van der Waals surface area contributed by atoms with E-state index in [0.29, 0.717) is 0 Å². The van der Waals surface area contributed by atoms with E-state index in [1.807, 2.05) is 18.2 Å². The van der Waals surface area contributed by atoms with Gasteiger partial charge in [0.25, 0.3) is 0 Å². The highest BCUT2D eigenvalue weighted by Gasteiger charge is 2.35. The number of carbonyl (C=O) groups is 1. The molecule has 1 aromatic rings. The molecule has 1 aliphatic rings. The molecule has 0 unspecified atom stereocenters. The molecule has 0 radical (unpaired) electrons. The molecule has 2 heteroatoms. The Labute approximate surface area is 127 Å². The highest BCUT2D eigenvalue weighted by molar-refractivity contribution is 5.70. The third kappa shape index (κ3) is 4.09. The van der Waals surface area contributed by atoms with Gasteiger partial charge in [0.2, 0.25) is 0 Å². The van der Waals surface area contributed by atoms with Crippen molar-refractivity contribution in [3.05, 3.63) is 53.8 Å². The van der Waals surface area contributed by atoms with Crippen LogP contribution in [0.1, 0.15) is 50.5 Å². The Balaban J connectivity index is 2.33. The van der Waals surface area contributed by atoms with Crippen LogP contribution in [0.15, 0.2) is 48.2 Å². The van der Waals surface area contributed by atoms with E-state index >= 15 is 0 Å². The van der Waals surface area contributed by atoms with Crippen molar-refractivity contribution >= 4 is 5.97 Å². The molecule has 2 nitrogen and oxygen atoms in total. The van der Waals surface area contributed by atoms with Gasteiger partial charge in [0, 0.05) is 5.41 Å². The Morgan fingerprint density at radius 2 is 1.76 bits per heavy atom. The van der Waals surface area contributed by atoms with E-state index < -0.39 is 5.97 Å². The van der Waals surface area contributed by atoms with E-state index in [1.165, 1.54) is 18.4 Å². The maximum atomic E-state index is 11.2. The summed E-state index contributed by atoms with van der Waals surface area (Å²) in [7, 11) is 0. The van der Waals surface area contributed by atoms with Gasteiger partial charge in [-0.1, -0.05) is 62.6 Å². The molecular formula is C19H24O2. The molecule has 21 heavy (non-hydrogen) atoms. The molecule has 0 aliphatic heterocycles. The lowest BCUT2D eigenvalue weighted by molar-refractivity contribution is -0.136. The molecule has 1 aliphatic carbocycles. The SMILES string of the molecule is C=C=C(CC(=O)O)C1(Cc2ccccc2)CCCCCC1. The van der Waals surface area contributed by atoms with Crippen LogP contribution in [0.5, 0.6) is 0 Å². The van der Waals surface area contributed by atoms with Crippen molar-refractivity contribution in [2.75, 3.05) is 0 Å².